The molecule has 206 valence electrons. The van der Waals surface area contributed by atoms with Gasteiger partial charge in [-0.25, -0.2) is 13.2 Å². The predicted octanol–water partition coefficient (Wildman–Crippen LogP) is 3.79. The molecular weight excluding hydrogens is 529 g/mol. The van der Waals surface area contributed by atoms with Crippen molar-refractivity contribution < 1.29 is 49.7 Å². The van der Waals surface area contributed by atoms with Gasteiger partial charge in [-0.1, -0.05) is 6.07 Å². The quantitative estimate of drug-likeness (QED) is 0.497. The van der Waals surface area contributed by atoms with Crippen LogP contribution in [0.15, 0.2) is 41.3 Å². The molecule has 0 aliphatic carbocycles. The number of benzene rings is 2. The first-order chi connectivity index (χ1) is 17.1. The molecule has 0 saturated carbocycles. The van der Waals surface area contributed by atoms with Gasteiger partial charge in [-0.3, -0.25) is 4.72 Å². The van der Waals surface area contributed by atoms with E-state index in [1.807, 2.05) is 14.0 Å². The van der Waals surface area contributed by atoms with Crippen molar-refractivity contribution in [3.8, 4) is 11.5 Å². The first-order valence-corrected chi connectivity index (χ1v) is 12.1. The van der Waals surface area contributed by atoms with E-state index in [4.69, 9.17) is 14.6 Å². The number of carbonyl (C=O) groups is 1. The molecule has 0 bridgehead atoms. The second kappa shape index (κ2) is 12.3. The molecule has 0 unspecified atom stereocenters. The molecule has 1 heterocycles. The van der Waals surface area contributed by atoms with Crippen LogP contribution in [0.2, 0.25) is 0 Å². The molecule has 0 radical (unpaired) electrons. The molecule has 1 aliphatic rings. The Morgan fingerprint density at radius 3 is 2.19 bits per heavy atom. The zero-order chi connectivity index (χ0) is 28.0. The third-order valence-corrected chi connectivity index (χ3v) is 6.59. The van der Waals surface area contributed by atoms with Gasteiger partial charge in [0.25, 0.3) is 10.0 Å². The minimum Gasteiger partial charge on any atom is -0.497 e. The van der Waals surface area contributed by atoms with E-state index >= 15 is 0 Å². The number of hydrogen-bond donors (Lipinski definition) is 2. The maximum absolute atomic E-state index is 13.0. The predicted molar refractivity (Wildman–Crippen MR) is 125 cm³/mol. The van der Waals surface area contributed by atoms with Crippen LogP contribution in [0.25, 0.3) is 0 Å². The highest BCUT2D eigenvalue weighted by Gasteiger charge is 2.38. The molecule has 2 aromatic rings. The van der Waals surface area contributed by atoms with Crippen molar-refractivity contribution in [2.75, 3.05) is 50.0 Å². The first-order valence-electron chi connectivity index (χ1n) is 10.6. The summed E-state index contributed by atoms with van der Waals surface area (Å²) in [4.78, 5) is 13.3. The number of nitrogens with zero attached hydrogens (tertiary/aromatic N) is 2. The fraction of sp³-hybridized carbons (Fsp3) is 0.409. The topological polar surface area (TPSA) is 108 Å². The van der Waals surface area contributed by atoms with Gasteiger partial charge in [-0.15, -0.1) is 0 Å². The Morgan fingerprint density at radius 1 is 1.08 bits per heavy atom. The number of halogens is 5. The van der Waals surface area contributed by atoms with E-state index in [1.165, 1.54) is 31.4 Å². The van der Waals surface area contributed by atoms with Gasteiger partial charge in [0.1, 0.15) is 11.5 Å². The number of nitrogens with one attached hydrogen (secondary N) is 1. The number of alkyl halides is 5. The smallest absolute Gasteiger partial charge is 0.490 e. The van der Waals surface area contributed by atoms with E-state index in [0.717, 1.165) is 37.4 Å². The normalized spacial score (nSPS) is 14.6. The molecule has 15 heteroatoms. The lowest BCUT2D eigenvalue weighted by atomic mass is 10.1. The second-order valence-corrected chi connectivity index (χ2v) is 9.57. The summed E-state index contributed by atoms with van der Waals surface area (Å²) in [6.45, 7) is 2.17. The molecule has 2 aromatic carbocycles. The average Bonchev–Trinajstić information content (AvgIpc) is 2.80. The Morgan fingerprint density at radius 2 is 1.68 bits per heavy atom. The molecule has 3 rings (SSSR count). The number of likely N-dealkylation sites (N-methyl/N-ethyl adjacent to an activating group) is 1. The number of rotatable bonds is 7. The van der Waals surface area contributed by atoms with E-state index in [1.54, 1.807) is 12.1 Å². The zero-order valence-electron chi connectivity index (χ0n) is 20.1. The second-order valence-electron chi connectivity index (χ2n) is 7.89. The lowest BCUT2D eigenvalue weighted by Gasteiger charge is -2.35. The van der Waals surface area contributed by atoms with Crippen LogP contribution in [0.4, 0.5) is 33.3 Å². The molecule has 1 aliphatic heterocycles. The average molecular weight is 556 g/mol. The van der Waals surface area contributed by atoms with E-state index in [2.05, 4.69) is 19.3 Å². The van der Waals surface area contributed by atoms with Crippen molar-refractivity contribution in [3.05, 3.63) is 42.0 Å². The summed E-state index contributed by atoms with van der Waals surface area (Å²) >= 11 is 0. The Hall–Kier alpha value is -3.33. The number of carboxylic acids is 1. The minimum absolute atomic E-state index is 0.0350. The summed E-state index contributed by atoms with van der Waals surface area (Å²) < 4.78 is 95.1. The van der Waals surface area contributed by atoms with Crippen molar-refractivity contribution in [1.29, 1.82) is 0 Å². The largest absolute Gasteiger partial charge is 0.497 e. The number of aryl methyl sites for hydroxylation is 1. The monoisotopic (exact) mass is 555 g/mol. The minimum atomic E-state index is -5.08. The standard InChI is InChI=1S/C20H25F2N3O4S.C2HF3O2/c1-14-4-6-16(13-18(14)25-10-8-24(2)9-11-25)30(26,27)23-17-12-15(28-3)5-7-19(17)29-20(21)22;3-2(4,5)1(6)7/h4-7,12-13,20,23H,8-11H2,1-3H3;(H,6,7). The number of sulfonamides is 1. The number of ether oxygens (including phenoxy) is 2. The Kier molecular flexibility index (Phi) is 9.92. The third kappa shape index (κ3) is 8.63. The summed E-state index contributed by atoms with van der Waals surface area (Å²) in [5.74, 6) is -2.75. The Balaban J connectivity index is 0.000000604. The molecule has 0 amide bonds. The maximum Gasteiger partial charge on any atom is 0.490 e. The molecule has 1 fully saturated rings. The molecule has 2 N–H and O–H groups in total. The third-order valence-electron chi connectivity index (χ3n) is 5.22. The van der Waals surface area contributed by atoms with Crippen molar-refractivity contribution >= 4 is 27.4 Å². The van der Waals surface area contributed by atoms with Crippen LogP contribution in [0.5, 0.6) is 11.5 Å². The molecular formula is C22H26F5N3O6S. The molecule has 1 saturated heterocycles. The van der Waals surface area contributed by atoms with Crippen molar-refractivity contribution in [2.45, 2.75) is 24.6 Å². The Bertz CT molecular complexity index is 1190. The number of carboxylic acid groups (broad SMARTS) is 1. The first kappa shape index (κ1) is 29.9. The molecule has 0 aromatic heterocycles. The van der Waals surface area contributed by atoms with Gasteiger partial charge in [0, 0.05) is 37.9 Å². The zero-order valence-corrected chi connectivity index (χ0v) is 20.9. The van der Waals surface area contributed by atoms with Crippen molar-refractivity contribution in [2.24, 2.45) is 0 Å². The maximum atomic E-state index is 13.0. The van der Waals surface area contributed by atoms with Crippen LogP contribution in [-0.2, 0) is 14.8 Å². The van der Waals surface area contributed by atoms with E-state index in [9.17, 15) is 30.4 Å². The highest BCUT2D eigenvalue weighted by molar-refractivity contribution is 7.92. The summed E-state index contributed by atoms with van der Waals surface area (Å²) in [7, 11) is -0.617. The van der Waals surface area contributed by atoms with E-state index in [-0.39, 0.29) is 16.3 Å². The molecule has 9 nitrogen and oxygen atoms in total. The molecule has 37 heavy (non-hydrogen) atoms. The molecule has 0 atom stereocenters. The van der Waals surface area contributed by atoms with E-state index < -0.39 is 28.8 Å². The SMILES string of the molecule is COc1ccc(OC(F)F)c(NS(=O)(=O)c2ccc(C)c(N3CCN(C)CC3)c2)c1.O=C(O)C(F)(F)F. The van der Waals surface area contributed by atoms with Gasteiger partial charge >= 0.3 is 18.8 Å². The van der Waals surface area contributed by atoms with Gasteiger partial charge in [-0.2, -0.15) is 22.0 Å². The lowest BCUT2D eigenvalue weighted by Crippen LogP contribution is -2.44. The Labute approximate surface area is 210 Å². The number of methoxy groups -OCH3 is 1. The van der Waals surface area contributed by atoms with Gasteiger partial charge in [-0.05, 0) is 43.8 Å². The lowest BCUT2D eigenvalue weighted by molar-refractivity contribution is -0.192. The highest BCUT2D eigenvalue weighted by Crippen LogP contribution is 2.33. The van der Waals surface area contributed by atoms with Crippen molar-refractivity contribution in [3.63, 3.8) is 0 Å². The van der Waals surface area contributed by atoms with Gasteiger partial charge < -0.3 is 24.4 Å². The molecule has 0 spiro atoms. The van der Waals surface area contributed by atoms with Crippen LogP contribution < -0.4 is 19.1 Å². The summed E-state index contributed by atoms with van der Waals surface area (Å²) in [5.41, 5.74) is 1.67. The van der Waals surface area contributed by atoms with Gasteiger partial charge in [0.05, 0.1) is 17.7 Å². The number of hydrogen-bond acceptors (Lipinski definition) is 7. The number of aliphatic carboxylic acids is 1. The van der Waals surface area contributed by atoms with Crippen LogP contribution in [-0.4, -0.2) is 77.5 Å². The summed E-state index contributed by atoms with van der Waals surface area (Å²) in [5, 5.41) is 7.12. The van der Waals surface area contributed by atoms with Crippen LogP contribution in [0.3, 0.4) is 0 Å². The number of piperazine rings is 1. The van der Waals surface area contributed by atoms with Crippen LogP contribution in [0.1, 0.15) is 5.56 Å². The fourth-order valence-electron chi connectivity index (χ4n) is 3.26. The summed E-state index contributed by atoms with van der Waals surface area (Å²) in [6, 6.07) is 8.78. The van der Waals surface area contributed by atoms with E-state index in [0.29, 0.717) is 5.75 Å². The van der Waals surface area contributed by atoms with Crippen molar-refractivity contribution in [1.82, 2.24) is 4.90 Å². The highest BCUT2D eigenvalue weighted by atomic mass is 32.2. The van der Waals surface area contributed by atoms with Crippen LogP contribution >= 0.6 is 0 Å². The number of anilines is 2. The van der Waals surface area contributed by atoms with Crippen LogP contribution in [0, 0.1) is 6.92 Å². The van der Waals surface area contributed by atoms with Gasteiger partial charge in [0.15, 0.2) is 0 Å². The fourth-order valence-corrected chi connectivity index (χ4v) is 4.34. The van der Waals surface area contributed by atoms with Gasteiger partial charge in [0.2, 0.25) is 0 Å². The summed E-state index contributed by atoms with van der Waals surface area (Å²) in [6.07, 6.45) is -5.08.